The Kier molecular flexibility index (Phi) is 9.32. The number of carboxylic acids is 1. The van der Waals surface area contributed by atoms with E-state index >= 15 is 0 Å². The van der Waals surface area contributed by atoms with Crippen molar-refractivity contribution >= 4 is 23.7 Å². The number of carbonyl (C=O) groups excluding carboxylic acids is 1. The standard InChI is InChI=1S/C30H28FNO5S/c1-20-26(32-29(37-20)24-5-3-2-4-6-24)18-28(33)36-19-23-9-7-22(8-10-23)17-27(30(34)35)38-16-15-21-11-13-25(31)14-12-21/h2-14,27H,15-19H2,1H3,(H,34,35). The number of aliphatic carboxylic acids is 1. The van der Waals surface area contributed by atoms with Crippen LogP contribution in [-0.4, -0.2) is 33.0 Å². The van der Waals surface area contributed by atoms with E-state index in [0.29, 0.717) is 35.9 Å². The third-order valence-electron chi connectivity index (χ3n) is 5.97. The first-order valence-electron chi connectivity index (χ1n) is 12.2. The maximum Gasteiger partial charge on any atom is 0.316 e. The molecule has 6 nitrogen and oxygen atoms in total. The van der Waals surface area contributed by atoms with Gasteiger partial charge in [0.1, 0.15) is 23.4 Å². The van der Waals surface area contributed by atoms with Crippen LogP contribution in [0.4, 0.5) is 4.39 Å². The van der Waals surface area contributed by atoms with E-state index in [1.165, 1.54) is 23.9 Å². The molecule has 0 amide bonds. The molecule has 196 valence electrons. The Morgan fingerprint density at radius 1 is 0.974 bits per heavy atom. The second kappa shape index (κ2) is 13.1. The molecule has 1 heterocycles. The van der Waals surface area contributed by atoms with Crippen LogP contribution in [-0.2, 0) is 40.2 Å². The molecule has 3 aromatic carbocycles. The number of hydrogen-bond donors (Lipinski definition) is 1. The first kappa shape index (κ1) is 27.1. The van der Waals surface area contributed by atoms with Gasteiger partial charge in [-0.05, 0) is 66.5 Å². The predicted octanol–water partition coefficient (Wildman–Crippen LogP) is 6.05. The Balaban J connectivity index is 1.24. The van der Waals surface area contributed by atoms with Gasteiger partial charge in [-0.2, -0.15) is 0 Å². The number of aryl methyl sites for hydroxylation is 2. The zero-order chi connectivity index (χ0) is 26.9. The molecule has 4 rings (SSSR count). The number of ether oxygens (including phenoxy) is 1. The zero-order valence-corrected chi connectivity index (χ0v) is 21.7. The number of carbonyl (C=O) groups is 2. The van der Waals surface area contributed by atoms with E-state index in [1.807, 2.05) is 54.6 Å². The highest BCUT2D eigenvalue weighted by Gasteiger charge is 2.19. The Labute approximate surface area is 224 Å². The van der Waals surface area contributed by atoms with Gasteiger partial charge in [-0.15, -0.1) is 11.8 Å². The Bertz CT molecular complexity index is 1350. The maximum absolute atomic E-state index is 13.0. The summed E-state index contributed by atoms with van der Waals surface area (Å²) in [7, 11) is 0. The zero-order valence-electron chi connectivity index (χ0n) is 20.9. The molecule has 8 heteroatoms. The lowest BCUT2D eigenvalue weighted by atomic mass is 10.1. The van der Waals surface area contributed by atoms with Crippen molar-refractivity contribution in [3.8, 4) is 11.5 Å². The van der Waals surface area contributed by atoms with Gasteiger partial charge in [0.05, 0.1) is 12.1 Å². The fraction of sp³-hybridized carbons (Fsp3) is 0.233. The van der Waals surface area contributed by atoms with Crippen LogP contribution in [0.3, 0.4) is 0 Å². The highest BCUT2D eigenvalue weighted by Crippen LogP contribution is 2.22. The van der Waals surface area contributed by atoms with Gasteiger partial charge in [0.15, 0.2) is 0 Å². The molecule has 1 unspecified atom stereocenters. The van der Waals surface area contributed by atoms with Crippen molar-refractivity contribution in [1.82, 2.24) is 4.98 Å². The van der Waals surface area contributed by atoms with E-state index in [4.69, 9.17) is 9.15 Å². The highest BCUT2D eigenvalue weighted by atomic mass is 32.2. The van der Waals surface area contributed by atoms with Gasteiger partial charge in [0.2, 0.25) is 5.89 Å². The van der Waals surface area contributed by atoms with Gasteiger partial charge >= 0.3 is 11.9 Å². The van der Waals surface area contributed by atoms with E-state index in [2.05, 4.69) is 4.98 Å². The Morgan fingerprint density at radius 3 is 2.32 bits per heavy atom. The molecule has 0 spiro atoms. The number of esters is 1. The lowest BCUT2D eigenvalue weighted by Crippen LogP contribution is -2.20. The molecule has 0 saturated carbocycles. The van der Waals surface area contributed by atoms with Gasteiger partial charge in [-0.1, -0.05) is 54.6 Å². The van der Waals surface area contributed by atoms with Crippen molar-refractivity contribution in [3.63, 3.8) is 0 Å². The molecule has 0 aliphatic rings. The number of carboxylic acid groups (broad SMARTS) is 1. The monoisotopic (exact) mass is 533 g/mol. The smallest absolute Gasteiger partial charge is 0.316 e. The van der Waals surface area contributed by atoms with Crippen LogP contribution in [0.1, 0.15) is 28.1 Å². The van der Waals surface area contributed by atoms with Crippen molar-refractivity contribution in [2.45, 2.75) is 38.0 Å². The molecular formula is C30H28FNO5S. The van der Waals surface area contributed by atoms with Crippen molar-refractivity contribution in [2.75, 3.05) is 5.75 Å². The number of aromatic nitrogens is 1. The molecule has 0 bridgehead atoms. The van der Waals surface area contributed by atoms with Gasteiger partial charge in [-0.3, -0.25) is 9.59 Å². The number of nitrogens with zero attached hydrogens (tertiary/aromatic N) is 1. The number of rotatable bonds is 12. The van der Waals surface area contributed by atoms with E-state index in [9.17, 15) is 19.1 Å². The maximum atomic E-state index is 13.0. The summed E-state index contributed by atoms with van der Waals surface area (Å²) in [5.41, 5.74) is 4.04. The summed E-state index contributed by atoms with van der Waals surface area (Å²) in [5, 5.41) is 9.04. The minimum atomic E-state index is -0.870. The van der Waals surface area contributed by atoms with Crippen LogP contribution in [0.15, 0.2) is 83.3 Å². The van der Waals surface area contributed by atoms with Crippen molar-refractivity contribution < 1.29 is 28.2 Å². The van der Waals surface area contributed by atoms with Crippen molar-refractivity contribution in [2.24, 2.45) is 0 Å². The Morgan fingerprint density at radius 2 is 1.63 bits per heavy atom. The quantitative estimate of drug-likeness (QED) is 0.222. The summed E-state index contributed by atoms with van der Waals surface area (Å²) in [6, 6.07) is 23.1. The minimum absolute atomic E-state index is 0.00961. The Hall–Kier alpha value is -3.91. The summed E-state index contributed by atoms with van der Waals surface area (Å²) in [5.74, 6) is 0.0994. The van der Waals surface area contributed by atoms with Crippen LogP contribution in [0.25, 0.3) is 11.5 Å². The van der Waals surface area contributed by atoms with E-state index < -0.39 is 17.2 Å². The average molecular weight is 534 g/mol. The molecule has 0 saturated heterocycles. The second-order valence-corrected chi connectivity index (χ2v) is 10.1. The van der Waals surface area contributed by atoms with Crippen molar-refractivity contribution in [3.05, 3.63) is 113 Å². The van der Waals surface area contributed by atoms with Crippen LogP contribution in [0.2, 0.25) is 0 Å². The van der Waals surface area contributed by atoms with E-state index in [1.54, 1.807) is 19.1 Å². The number of halogens is 1. The fourth-order valence-electron chi connectivity index (χ4n) is 3.82. The lowest BCUT2D eigenvalue weighted by Gasteiger charge is -2.13. The second-order valence-electron chi connectivity index (χ2n) is 8.82. The largest absolute Gasteiger partial charge is 0.480 e. The SMILES string of the molecule is Cc1oc(-c2ccccc2)nc1CC(=O)OCc1ccc(CC(SCCc2ccc(F)cc2)C(=O)O)cc1. The molecule has 4 aromatic rings. The van der Waals surface area contributed by atoms with Crippen LogP contribution >= 0.6 is 11.8 Å². The molecule has 0 fully saturated rings. The van der Waals surface area contributed by atoms with Gasteiger partial charge in [-0.25, -0.2) is 9.37 Å². The first-order chi connectivity index (χ1) is 18.4. The molecule has 1 atom stereocenters. The molecular weight excluding hydrogens is 505 g/mol. The first-order valence-corrected chi connectivity index (χ1v) is 13.3. The molecule has 38 heavy (non-hydrogen) atoms. The number of oxazole rings is 1. The topological polar surface area (TPSA) is 89.6 Å². The summed E-state index contributed by atoms with van der Waals surface area (Å²) in [4.78, 5) is 28.6. The average Bonchev–Trinajstić information content (AvgIpc) is 3.29. The summed E-state index contributed by atoms with van der Waals surface area (Å²) in [6.07, 6.45) is 1.05. The summed E-state index contributed by atoms with van der Waals surface area (Å²) in [6.45, 7) is 1.88. The number of hydrogen-bond acceptors (Lipinski definition) is 6. The molecule has 0 aliphatic heterocycles. The summed E-state index contributed by atoms with van der Waals surface area (Å²) < 4.78 is 24.2. The molecule has 1 N–H and O–H groups in total. The van der Waals surface area contributed by atoms with Crippen LogP contribution in [0, 0.1) is 12.7 Å². The van der Waals surface area contributed by atoms with Crippen LogP contribution < -0.4 is 0 Å². The number of thioether (sulfide) groups is 1. The third-order valence-corrected chi connectivity index (χ3v) is 7.18. The molecule has 1 aromatic heterocycles. The van der Waals surface area contributed by atoms with Gasteiger partial charge in [0.25, 0.3) is 0 Å². The van der Waals surface area contributed by atoms with Gasteiger partial charge in [0, 0.05) is 5.56 Å². The normalized spacial score (nSPS) is 11.7. The predicted molar refractivity (Wildman–Crippen MR) is 144 cm³/mol. The van der Waals surface area contributed by atoms with E-state index in [0.717, 1.165) is 22.3 Å². The molecule has 0 aliphatic carbocycles. The van der Waals surface area contributed by atoms with Crippen molar-refractivity contribution in [1.29, 1.82) is 0 Å². The van der Waals surface area contributed by atoms with E-state index in [-0.39, 0.29) is 18.8 Å². The lowest BCUT2D eigenvalue weighted by molar-refractivity contribution is -0.144. The minimum Gasteiger partial charge on any atom is -0.480 e. The third kappa shape index (κ3) is 7.79. The number of benzene rings is 3. The fourth-order valence-corrected chi connectivity index (χ4v) is 4.91. The molecule has 0 radical (unpaired) electrons. The summed E-state index contributed by atoms with van der Waals surface area (Å²) >= 11 is 1.37. The highest BCUT2D eigenvalue weighted by molar-refractivity contribution is 8.00. The van der Waals surface area contributed by atoms with Gasteiger partial charge < -0.3 is 14.3 Å². The van der Waals surface area contributed by atoms with Crippen LogP contribution in [0.5, 0.6) is 0 Å².